The summed E-state index contributed by atoms with van der Waals surface area (Å²) in [5.41, 5.74) is 4.29. The molecule has 1 N–H and O–H groups in total. The summed E-state index contributed by atoms with van der Waals surface area (Å²) in [6.45, 7) is 6.77. The van der Waals surface area contributed by atoms with E-state index in [1.165, 1.54) is 16.8 Å². The standard InChI is InChI=1S/C12H17N.CH4O3S/c1-8-5-6-12-11(7-8)9(2)10(3)13(12)4;1-5(2,3)4/h5-7,9-10H,1-4H3;1H3,(H,2,3,4). The van der Waals surface area contributed by atoms with Gasteiger partial charge in [-0.25, -0.2) is 0 Å². The second-order valence-electron chi connectivity index (χ2n) is 4.94. The lowest BCUT2D eigenvalue weighted by atomic mass is 9.97. The van der Waals surface area contributed by atoms with Gasteiger partial charge in [-0.3, -0.25) is 4.55 Å². The molecule has 1 heterocycles. The molecule has 1 aliphatic heterocycles. The van der Waals surface area contributed by atoms with Crippen molar-refractivity contribution in [1.29, 1.82) is 0 Å². The quantitative estimate of drug-likeness (QED) is 0.736. The third-order valence-corrected chi connectivity index (χ3v) is 3.39. The summed E-state index contributed by atoms with van der Waals surface area (Å²) in [7, 11) is -1.48. The van der Waals surface area contributed by atoms with Crippen LogP contribution in [0.1, 0.15) is 30.9 Å². The van der Waals surface area contributed by atoms with Crippen molar-refractivity contribution in [3.63, 3.8) is 0 Å². The fourth-order valence-electron chi connectivity index (χ4n) is 2.17. The third-order valence-electron chi connectivity index (χ3n) is 3.39. The summed E-state index contributed by atoms with van der Waals surface area (Å²) in [5, 5.41) is 0. The monoisotopic (exact) mass is 271 g/mol. The lowest BCUT2D eigenvalue weighted by molar-refractivity contribution is 0.490. The molecule has 1 aromatic carbocycles. The number of rotatable bonds is 0. The van der Waals surface area contributed by atoms with Crippen molar-refractivity contribution >= 4 is 15.8 Å². The van der Waals surface area contributed by atoms with Crippen LogP contribution in [-0.2, 0) is 10.1 Å². The van der Waals surface area contributed by atoms with Crippen LogP contribution < -0.4 is 4.90 Å². The van der Waals surface area contributed by atoms with Crippen molar-refractivity contribution in [2.45, 2.75) is 32.7 Å². The lowest BCUT2D eigenvalue weighted by Crippen LogP contribution is -2.25. The number of fused-ring (bicyclic) bond motifs is 1. The molecule has 1 aromatic rings. The first-order valence-corrected chi connectivity index (χ1v) is 7.72. The molecule has 0 aliphatic carbocycles. The van der Waals surface area contributed by atoms with E-state index in [2.05, 4.69) is 50.9 Å². The highest BCUT2D eigenvalue weighted by molar-refractivity contribution is 7.85. The number of hydrogen-bond donors (Lipinski definition) is 1. The maximum Gasteiger partial charge on any atom is 0.261 e. The first-order chi connectivity index (χ1) is 8.11. The van der Waals surface area contributed by atoms with E-state index in [0.29, 0.717) is 18.2 Å². The number of anilines is 1. The van der Waals surface area contributed by atoms with Crippen LogP contribution in [0.3, 0.4) is 0 Å². The summed E-state index contributed by atoms with van der Waals surface area (Å²) >= 11 is 0. The molecule has 2 rings (SSSR count). The maximum atomic E-state index is 9.19. The van der Waals surface area contributed by atoms with E-state index >= 15 is 0 Å². The number of nitrogens with zero attached hydrogens (tertiary/aromatic N) is 1. The Kier molecular flexibility index (Phi) is 4.40. The van der Waals surface area contributed by atoms with Crippen molar-refractivity contribution < 1.29 is 13.0 Å². The van der Waals surface area contributed by atoms with Gasteiger partial charge in [0.15, 0.2) is 0 Å². The van der Waals surface area contributed by atoms with Gasteiger partial charge < -0.3 is 4.90 Å². The van der Waals surface area contributed by atoms with Gasteiger partial charge in [0.2, 0.25) is 0 Å². The molecule has 4 nitrogen and oxygen atoms in total. The van der Waals surface area contributed by atoms with Crippen molar-refractivity contribution in [3.8, 4) is 0 Å². The van der Waals surface area contributed by atoms with E-state index in [1.807, 2.05) is 0 Å². The Hall–Kier alpha value is -1.07. The van der Waals surface area contributed by atoms with Crippen LogP contribution in [0, 0.1) is 6.92 Å². The molecule has 2 atom stereocenters. The Labute approximate surface area is 109 Å². The van der Waals surface area contributed by atoms with Gasteiger partial charge in [0.05, 0.1) is 6.26 Å². The van der Waals surface area contributed by atoms with Crippen LogP contribution in [0.25, 0.3) is 0 Å². The van der Waals surface area contributed by atoms with Crippen LogP contribution in [0.4, 0.5) is 5.69 Å². The summed E-state index contributed by atoms with van der Waals surface area (Å²) in [4.78, 5) is 2.37. The van der Waals surface area contributed by atoms with Gasteiger partial charge in [0, 0.05) is 24.7 Å². The fraction of sp³-hybridized carbons (Fsp3) is 0.538. The Balaban J connectivity index is 0.000000280. The van der Waals surface area contributed by atoms with Gasteiger partial charge >= 0.3 is 0 Å². The van der Waals surface area contributed by atoms with E-state index in [-0.39, 0.29) is 0 Å². The Morgan fingerprint density at radius 1 is 1.28 bits per heavy atom. The number of hydrogen-bond acceptors (Lipinski definition) is 3. The molecule has 0 amide bonds. The van der Waals surface area contributed by atoms with E-state index in [9.17, 15) is 8.42 Å². The molecule has 18 heavy (non-hydrogen) atoms. The lowest BCUT2D eigenvalue weighted by Gasteiger charge is -2.20. The Bertz CT molecular complexity index is 517. The largest absolute Gasteiger partial charge is 0.371 e. The molecular weight excluding hydrogens is 250 g/mol. The molecule has 0 radical (unpaired) electrons. The Morgan fingerprint density at radius 2 is 1.78 bits per heavy atom. The maximum absolute atomic E-state index is 9.19. The fourth-order valence-corrected chi connectivity index (χ4v) is 2.17. The van der Waals surface area contributed by atoms with Crippen LogP contribution in [0.15, 0.2) is 18.2 Å². The molecule has 0 spiro atoms. The van der Waals surface area contributed by atoms with Gasteiger partial charge in [-0.15, -0.1) is 0 Å². The average Bonchev–Trinajstić information content (AvgIpc) is 2.42. The predicted octanol–water partition coefficient (Wildman–Crippen LogP) is 2.44. The summed E-state index contributed by atoms with van der Waals surface area (Å²) in [6.07, 6.45) is 0.715. The van der Waals surface area contributed by atoms with Gasteiger partial charge in [-0.05, 0) is 25.5 Å². The predicted molar refractivity (Wildman–Crippen MR) is 74.9 cm³/mol. The van der Waals surface area contributed by atoms with Crippen LogP contribution in [0.5, 0.6) is 0 Å². The highest BCUT2D eigenvalue weighted by atomic mass is 32.2. The van der Waals surface area contributed by atoms with Crippen molar-refractivity contribution in [2.24, 2.45) is 0 Å². The first-order valence-electron chi connectivity index (χ1n) is 5.87. The van der Waals surface area contributed by atoms with E-state index in [4.69, 9.17) is 4.55 Å². The third kappa shape index (κ3) is 3.71. The molecule has 0 fully saturated rings. The second kappa shape index (κ2) is 5.28. The van der Waals surface area contributed by atoms with E-state index < -0.39 is 10.1 Å². The topological polar surface area (TPSA) is 57.6 Å². The average molecular weight is 271 g/mol. The van der Waals surface area contributed by atoms with Crippen molar-refractivity contribution in [3.05, 3.63) is 29.3 Å². The normalized spacial score (nSPS) is 22.2. The Morgan fingerprint density at radius 3 is 2.28 bits per heavy atom. The van der Waals surface area contributed by atoms with Crippen LogP contribution in [-0.4, -0.2) is 32.3 Å². The molecule has 102 valence electrons. The van der Waals surface area contributed by atoms with E-state index in [1.54, 1.807) is 0 Å². The number of benzene rings is 1. The van der Waals surface area contributed by atoms with Crippen molar-refractivity contribution in [2.75, 3.05) is 18.2 Å². The highest BCUT2D eigenvalue weighted by Crippen LogP contribution is 2.39. The van der Waals surface area contributed by atoms with Gasteiger partial charge in [0.1, 0.15) is 0 Å². The van der Waals surface area contributed by atoms with E-state index in [0.717, 1.165) is 0 Å². The highest BCUT2D eigenvalue weighted by Gasteiger charge is 2.29. The van der Waals surface area contributed by atoms with Crippen molar-refractivity contribution in [1.82, 2.24) is 0 Å². The zero-order chi connectivity index (χ0) is 14.1. The molecule has 0 saturated heterocycles. The number of aryl methyl sites for hydroxylation is 1. The minimum atomic E-state index is -3.67. The SMILES string of the molecule is CS(=O)(=O)O.Cc1ccc2c(c1)C(C)C(C)N2C. The molecule has 1 aliphatic rings. The second-order valence-corrected chi connectivity index (χ2v) is 6.40. The van der Waals surface area contributed by atoms with Crippen LogP contribution >= 0.6 is 0 Å². The molecule has 5 heteroatoms. The van der Waals surface area contributed by atoms with Gasteiger partial charge in [-0.2, -0.15) is 8.42 Å². The van der Waals surface area contributed by atoms with Gasteiger partial charge in [0.25, 0.3) is 10.1 Å². The molecular formula is C13H21NO3S. The zero-order valence-corrected chi connectivity index (χ0v) is 12.3. The molecule has 0 bridgehead atoms. The summed E-state index contributed by atoms with van der Waals surface area (Å²) < 4.78 is 25.9. The summed E-state index contributed by atoms with van der Waals surface area (Å²) in [5.74, 6) is 0.667. The summed E-state index contributed by atoms with van der Waals surface area (Å²) in [6, 6.07) is 7.39. The minimum Gasteiger partial charge on any atom is -0.371 e. The van der Waals surface area contributed by atoms with Crippen LogP contribution in [0.2, 0.25) is 0 Å². The smallest absolute Gasteiger partial charge is 0.261 e. The minimum absolute atomic E-state index is 0.636. The molecule has 0 aromatic heterocycles. The molecule has 0 saturated carbocycles. The first kappa shape index (κ1) is 15.0. The zero-order valence-electron chi connectivity index (χ0n) is 11.5. The van der Waals surface area contributed by atoms with Gasteiger partial charge in [-0.1, -0.05) is 24.6 Å². The molecule has 2 unspecified atom stereocenters. The number of likely N-dealkylation sites (N-methyl/N-ethyl adjacent to an activating group) is 1.